The first-order valence-electron chi connectivity index (χ1n) is 8.20. The summed E-state index contributed by atoms with van der Waals surface area (Å²) in [6, 6.07) is 15.6. The van der Waals surface area contributed by atoms with Gasteiger partial charge in [-0.1, -0.05) is 18.2 Å². The number of rotatable bonds is 4. The van der Waals surface area contributed by atoms with Crippen LogP contribution in [0.25, 0.3) is 0 Å². The van der Waals surface area contributed by atoms with Crippen LogP contribution in [0.5, 0.6) is 5.75 Å². The molecule has 0 radical (unpaired) electrons. The Morgan fingerprint density at radius 1 is 1.04 bits per heavy atom. The highest BCUT2D eigenvalue weighted by molar-refractivity contribution is 5.78. The minimum atomic E-state index is 0.0372. The number of piperazine rings is 1. The standard InChI is InChI=1S/C19H23N3O2/c1-15-4-2-3-5-18(15)24-14-19(23)22-12-10-21(11-13-22)17-8-6-16(20)7-9-17/h2-9H,10-14,20H2,1H3. The third kappa shape index (κ3) is 3.79. The van der Waals surface area contributed by atoms with Crippen molar-refractivity contribution in [2.45, 2.75) is 6.92 Å². The maximum atomic E-state index is 12.3. The van der Waals surface area contributed by atoms with E-state index in [-0.39, 0.29) is 12.5 Å². The average Bonchev–Trinajstić information content (AvgIpc) is 2.62. The largest absolute Gasteiger partial charge is 0.484 e. The van der Waals surface area contributed by atoms with Gasteiger partial charge in [0.1, 0.15) is 5.75 Å². The summed E-state index contributed by atoms with van der Waals surface area (Å²) in [6.07, 6.45) is 0. The van der Waals surface area contributed by atoms with Crippen LogP contribution in [0, 0.1) is 6.92 Å². The Hall–Kier alpha value is -2.69. The van der Waals surface area contributed by atoms with Gasteiger partial charge in [-0.2, -0.15) is 0 Å². The van der Waals surface area contributed by atoms with Gasteiger partial charge in [0.25, 0.3) is 5.91 Å². The number of ether oxygens (including phenoxy) is 1. The van der Waals surface area contributed by atoms with E-state index in [1.807, 2.05) is 60.4 Å². The highest BCUT2D eigenvalue weighted by Gasteiger charge is 2.21. The minimum Gasteiger partial charge on any atom is -0.484 e. The fourth-order valence-corrected chi connectivity index (χ4v) is 2.85. The molecular formula is C19H23N3O2. The predicted molar refractivity (Wildman–Crippen MR) is 96.3 cm³/mol. The lowest BCUT2D eigenvalue weighted by Crippen LogP contribution is -2.50. The van der Waals surface area contributed by atoms with Crippen molar-refractivity contribution in [1.82, 2.24) is 4.90 Å². The first kappa shape index (κ1) is 16.2. The third-order valence-corrected chi connectivity index (χ3v) is 4.34. The summed E-state index contributed by atoms with van der Waals surface area (Å²) < 4.78 is 5.66. The summed E-state index contributed by atoms with van der Waals surface area (Å²) in [5, 5.41) is 0. The van der Waals surface area contributed by atoms with Crippen molar-refractivity contribution in [2.75, 3.05) is 43.4 Å². The van der Waals surface area contributed by atoms with Gasteiger partial charge in [-0.15, -0.1) is 0 Å². The second-order valence-electron chi connectivity index (χ2n) is 6.01. The smallest absolute Gasteiger partial charge is 0.260 e. The van der Waals surface area contributed by atoms with E-state index in [1.165, 1.54) is 0 Å². The van der Waals surface area contributed by atoms with Gasteiger partial charge in [-0.05, 0) is 42.8 Å². The van der Waals surface area contributed by atoms with Crippen molar-refractivity contribution in [2.24, 2.45) is 0 Å². The van der Waals surface area contributed by atoms with E-state index >= 15 is 0 Å². The number of nitrogen functional groups attached to an aromatic ring is 1. The van der Waals surface area contributed by atoms with Crippen molar-refractivity contribution in [3.8, 4) is 5.75 Å². The van der Waals surface area contributed by atoms with Gasteiger partial charge in [0, 0.05) is 37.6 Å². The normalized spacial score (nSPS) is 14.5. The number of carbonyl (C=O) groups is 1. The maximum Gasteiger partial charge on any atom is 0.260 e. The topological polar surface area (TPSA) is 58.8 Å². The summed E-state index contributed by atoms with van der Waals surface area (Å²) in [6.45, 7) is 5.12. The van der Waals surface area contributed by atoms with Gasteiger partial charge < -0.3 is 20.3 Å². The number of nitrogens with zero attached hydrogens (tertiary/aromatic N) is 2. The lowest BCUT2D eigenvalue weighted by atomic mass is 10.2. The van der Waals surface area contributed by atoms with Gasteiger partial charge in [-0.25, -0.2) is 0 Å². The van der Waals surface area contributed by atoms with Crippen LogP contribution >= 0.6 is 0 Å². The lowest BCUT2D eigenvalue weighted by molar-refractivity contribution is -0.133. The highest BCUT2D eigenvalue weighted by Crippen LogP contribution is 2.19. The zero-order chi connectivity index (χ0) is 16.9. The minimum absolute atomic E-state index is 0.0372. The quantitative estimate of drug-likeness (QED) is 0.877. The molecule has 5 nitrogen and oxygen atoms in total. The number of anilines is 2. The Morgan fingerprint density at radius 3 is 2.38 bits per heavy atom. The van der Waals surface area contributed by atoms with Crippen LogP contribution in [-0.4, -0.2) is 43.6 Å². The summed E-state index contributed by atoms with van der Waals surface area (Å²) in [5.74, 6) is 0.807. The number of hydrogen-bond acceptors (Lipinski definition) is 4. The Labute approximate surface area is 142 Å². The predicted octanol–water partition coefficient (Wildman–Crippen LogP) is 2.30. The number of para-hydroxylation sites is 1. The summed E-state index contributed by atoms with van der Waals surface area (Å²) in [7, 11) is 0. The first-order chi connectivity index (χ1) is 11.6. The Morgan fingerprint density at radius 2 is 1.71 bits per heavy atom. The molecule has 0 aliphatic carbocycles. The van der Waals surface area contributed by atoms with Crippen LogP contribution in [0.15, 0.2) is 48.5 Å². The molecule has 1 heterocycles. The van der Waals surface area contributed by atoms with Gasteiger partial charge in [0.15, 0.2) is 6.61 Å². The zero-order valence-corrected chi connectivity index (χ0v) is 13.9. The number of aryl methyl sites for hydroxylation is 1. The highest BCUT2D eigenvalue weighted by atomic mass is 16.5. The number of amides is 1. The van der Waals surface area contributed by atoms with Crippen LogP contribution < -0.4 is 15.4 Å². The third-order valence-electron chi connectivity index (χ3n) is 4.34. The van der Waals surface area contributed by atoms with Crippen molar-refractivity contribution < 1.29 is 9.53 Å². The van der Waals surface area contributed by atoms with Crippen molar-refractivity contribution in [3.63, 3.8) is 0 Å². The fraction of sp³-hybridized carbons (Fsp3) is 0.316. The molecule has 24 heavy (non-hydrogen) atoms. The first-order valence-corrected chi connectivity index (χ1v) is 8.20. The molecule has 0 saturated carbocycles. The molecule has 1 aliphatic heterocycles. The summed E-state index contributed by atoms with van der Waals surface area (Å²) in [5.41, 5.74) is 8.68. The molecule has 2 aromatic carbocycles. The molecule has 2 N–H and O–H groups in total. The average molecular weight is 325 g/mol. The fourth-order valence-electron chi connectivity index (χ4n) is 2.85. The molecular weight excluding hydrogens is 302 g/mol. The van der Waals surface area contributed by atoms with E-state index in [1.54, 1.807) is 0 Å². The molecule has 1 aliphatic rings. The SMILES string of the molecule is Cc1ccccc1OCC(=O)N1CCN(c2ccc(N)cc2)CC1. The van der Waals surface area contributed by atoms with E-state index < -0.39 is 0 Å². The molecule has 0 unspecified atom stereocenters. The molecule has 2 aromatic rings. The molecule has 0 bridgehead atoms. The Balaban J connectivity index is 1.50. The molecule has 1 amide bonds. The van der Waals surface area contributed by atoms with E-state index in [4.69, 9.17) is 10.5 Å². The van der Waals surface area contributed by atoms with Gasteiger partial charge in [0.2, 0.25) is 0 Å². The van der Waals surface area contributed by atoms with Gasteiger partial charge >= 0.3 is 0 Å². The van der Waals surface area contributed by atoms with Gasteiger partial charge in [0.05, 0.1) is 0 Å². The number of benzene rings is 2. The number of hydrogen-bond donors (Lipinski definition) is 1. The molecule has 5 heteroatoms. The molecule has 126 valence electrons. The molecule has 1 fully saturated rings. The Kier molecular flexibility index (Phi) is 4.89. The van der Waals surface area contributed by atoms with Crippen molar-refractivity contribution in [3.05, 3.63) is 54.1 Å². The monoisotopic (exact) mass is 325 g/mol. The van der Waals surface area contributed by atoms with Crippen LogP contribution in [0.4, 0.5) is 11.4 Å². The molecule has 3 rings (SSSR count). The molecule has 0 atom stereocenters. The van der Waals surface area contributed by atoms with E-state index in [9.17, 15) is 4.79 Å². The van der Waals surface area contributed by atoms with Crippen LogP contribution in [0.1, 0.15) is 5.56 Å². The second kappa shape index (κ2) is 7.25. The van der Waals surface area contributed by atoms with Gasteiger partial charge in [-0.3, -0.25) is 4.79 Å². The van der Waals surface area contributed by atoms with Crippen LogP contribution in [0.3, 0.4) is 0 Å². The van der Waals surface area contributed by atoms with Crippen LogP contribution in [-0.2, 0) is 4.79 Å². The van der Waals surface area contributed by atoms with Crippen molar-refractivity contribution in [1.29, 1.82) is 0 Å². The zero-order valence-electron chi connectivity index (χ0n) is 13.9. The van der Waals surface area contributed by atoms with Crippen molar-refractivity contribution >= 4 is 17.3 Å². The molecule has 1 saturated heterocycles. The second-order valence-corrected chi connectivity index (χ2v) is 6.01. The lowest BCUT2D eigenvalue weighted by Gasteiger charge is -2.36. The van der Waals surface area contributed by atoms with E-state index in [2.05, 4.69) is 4.90 Å². The summed E-state index contributed by atoms with van der Waals surface area (Å²) in [4.78, 5) is 16.5. The Bertz CT molecular complexity index is 692. The molecule has 0 spiro atoms. The number of nitrogens with two attached hydrogens (primary N) is 1. The summed E-state index contributed by atoms with van der Waals surface area (Å²) >= 11 is 0. The van der Waals surface area contributed by atoms with E-state index in [0.29, 0.717) is 13.1 Å². The molecule has 0 aromatic heterocycles. The van der Waals surface area contributed by atoms with Crippen LogP contribution in [0.2, 0.25) is 0 Å². The number of carbonyl (C=O) groups excluding carboxylic acids is 1. The van der Waals surface area contributed by atoms with E-state index in [0.717, 1.165) is 35.8 Å². The maximum absolute atomic E-state index is 12.3.